The van der Waals surface area contributed by atoms with Gasteiger partial charge in [-0.1, -0.05) is 158 Å². The van der Waals surface area contributed by atoms with E-state index >= 15 is 0 Å². The fourth-order valence-corrected chi connectivity index (χ4v) is 14.6. The van der Waals surface area contributed by atoms with E-state index in [2.05, 4.69) is 223 Å². The Morgan fingerprint density at radius 2 is 1.08 bits per heavy atom. The zero-order valence-corrected chi connectivity index (χ0v) is 33.7. The van der Waals surface area contributed by atoms with Gasteiger partial charge in [0.15, 0.2) is 8.07 Å². The lowest BCUT2D eigenvalue weighted by molar-refractivity contribution is 0.673. The Morgan fingerprint density at radius 3 is 1.86 bits per heavy atom. The standard InChI is InChI=1S/C55H40N2OSi/c1-3-18-40(19-4-2)59(41-23-9-6-10-24-41,43-32-34-51-48(37-43)44-26-11-14-29-49(44)56(51)38-20-7-5-8-21-38)42-25-17-22-39(36-42)57-50-30-15-12-28-47(50)54-52(57)35-33-46-45-27-13-16-31-53(45)58-55(46)54/h3-37H,1H2,2H3/b19-4-,40-18+. The molecule has 1 atom stereocenters. The van der Waals surface area contributed by atoms with Gasteiger partial charge in [0.25, 0.3) is 0 Å². The second-order valence-corrected chi connectivity index (χ2v) is 19.0. The summed E-state index contributed by atoms with van der Waals surface area (Å²) in [6.07, 6.45) is 8.68. The highest BCUT2D eigenvalue weighted by atomic mass is 28.3. The molecule has 3 heterocycles. The Labute approximate surface area is 343 Å². The van der Waals surface area contributed by atoms with Crippen LogP contribution in [0.1, 0.15) is 6.92 Å². The van der Waals surface area contributed by atoms with E-state index in [1.807, 2.05) is 12.1 Å². The third-order valence-electron chi connectivity index (χ3n) is 12.1. The second-order valence-electron chi connectivity index (χ2n) is 15.2. The summed E-state index contributed by atoms with van der Waals surface area (Å²) in [5.74, 6) is 0. The van der Waals surface area contributed by atoms with Crippen LogP contribution in [-0.2, 0) is 0 Å². The maximum atomic E-state index is 6.66. The van der Waals surface area contributed by atoms with Crippen molar-refractivity contribution in [2.75, 3.05) is 0 Å². The van der Waals surface area contributed by atoms with Gasteiger partial charge in [0.2, 0.25) is 0 Å². The maximum Gasteiger partial charge on any atom is 0.179 e. The molecule has 280 valence electrons. The Kier molecular flexibility index (Phi) is 8.21. The third kappa shape index (κ3) is 5.20. The van der Waals surface area contributed by atoms with E-state index in [0.29, 0.717) is 0 Å². The molecule has 0 aliphatic rings. The number of allylic oxidation sites excluding steroid dienone is 5. The van der Waals surface area contributed by atoms with E-state index in [1.165, 1.54) is 47.9 Å². The van der Waals surface area contributed by atoms with Crippen LogP contribution in [-0.4, -0.2) is 17.2 Å². The lowest BCUT2D eigenvalue weighted by Crippen LogP contribution is -2.68. The normalized spacial score (nSPS) is 13.4. The predicted octanol–water partition coefficient (Wildman–Crippen LogP) is 12.5. The third-order valence-corrected chi connectivity index (χ3v) is 16.9. The van der Waals surface area contributed by atoms with E-state index in [4.69, 9.17) is 4.42 Å². The van der Waals surface area contributed by atoms with Crippen LogP contribution in [0.5, 0.6) is 0 Å². The number of benzene rings is 8. The van der Waals surface area contributed by atoms with Gasteiger partial charge in [0.05, 0.1) is 27.5 Å². The van der Waals surface area contributed by atoms with Gasteiger partial charge >= 0.3 is 0 Å². The van der Waals surface area contributed by atoms with Crippen LogP contribution in [0, 0.1) is 0 Å². The molecule has 0 bridgehead atoms. The molecule has 0 saturated carbocycles. The van der Waals surface area contributed by atoms with E-state index in [-0.39, 0.29) is 0 Å². The number of furan rings is 1. The SMILES string of the molecule is C=C/C=C(\C=C/C)[Si](c1ccccc1)(c1cccc(-n2c3ccccc3c3c4oc5ccccc5c4ccc32)c1)c1ccc2c(c1)c1ccccc1n2-c1ccccc1. The molecule has 0 saturated heterocycles. The van der Waals surface area contributed by atoms with Crippen molar-refractivity contribution >= 4 is 89.2 Å². The van der Waals surface area contributed by atoms with Gasteiger partial charge in [-0.15, -0.1) is 0 Å². The number of hydrogen-bond acceptors (Lipinski definition) is 1. The largest absolute Gasteiger partial charge is 0.455 e. The molecule has 0 N–H and O–H groups in total. The molecule has 0 aliphatic heterocycles. The Hall–Kier alpha value is -7.40. The summed E-state index contributed by atoms with van der Waals surface area (Å²) in [7, 11) is -3.05. The molecule has 0 radical (unpaired) electrons. The van der Waals surface area contributed by atoms with Gasteiger partial charge in [-0.05, 0) is 88.3 Å². The summed E-state index contributed by atoms with van der Waals surface area (Å²) in [5, 5.41) is 12.2. The fourth-order valence-electron chi connectivity index (χ4n) is 9.75. The van der Waals surface area contributed by atoms with E-state index in [0.717, 1.165) is 49.7 Å². The molecule has 3 aromatic heterocycles. The average molecular weight is 773 g/mol. The Morgan fingerprint density at radius 1 is 0.492 bits per heavy atom. The summed E-state index contributed by atoms with van der Waals surface area (Å²) < 4.78 is 11.5. The minimum Gasteiger partial charge on any atom is -0.455 e. The molecule has 11 aromatic rings. The summed E-state index contributed by atoms with van der Waals surface area (Å²) in [6, 6.07) is 68.8. The first-order valence-corrected chi connectivity index (χ1v) is 22.3. The van der Waals surface area contributed by atoms with Gasteiger partial charge in [-0.3, -0.25) is 0 Å². The zero-order chi connectivity index (χ0) is 39.5. The van der Waals surface area contributed by atoms with Crippen LogP contribution in [0.4, 0.5) is 0 Å². The molecule has 59 heavy (non-hydrogen) atoms. The topological polar surface area (TPSA) is 23.0 Å². The highest BCUT2D eigenvalue weighted by Crippen LogP contribution is 2.40. The second kappa shape index (κ2) is 13.9. The first-order chi connectivity index (χ1) is 29.2. The van der Waals surface area contributed by atoms with Gasteiger partial charge < -0.3 is 13.6 Å². The van der Waals surface area contributed by atoms with Crippen LogP contribution in [0.15, 0.2) is 229 Å². The molecule has 4 heteroatoms. The van der Waals surface area contributed by atoms with E-state index in [1.54, 1.807) is 0 Å². The quantitative estimate of drug-likeness (QED) is 0.0857. The number of nitrogens with zero attached hydrogens (tertiary/aromatic N) is 2. The molecular formula is C55H40N2OSi. The van der Waals surface area contributed by atoms with Crippen molar-refractivity contribution < 1.29 is 4.42 Å². The van der Waals surface area contributed by atoms with Gasteiger partial charge in [-0.25, -0.2) is 0 Å². The van der Waals surface area contributed by atoms with Crippen LogP contribution < -0.4 is 15.6 Å². The highest BCUT2D eigenvalue weighted by Gasteiger charge is 2.42. The summed E-state index contributed by atoms with van der Waals surface area (Å²) in [5.41, 5.74) is 8.73. The van der Waals surface area contributed by atoms with Crippen molar-refractivity contribution in [1.29, 1.82) is 0 Å². The molecule has 11 rings (SSSR count). The smallest absolute Gasteiger partial charge is 0.179 e. The minimum absolute atomic E-state index is 0.904. The van der Waals surface area contributed by atoms with Crippen molar-refractivity contribution in [3.8, 4) is 11.4 Å². The lowest BCUT2D eigenvalue weighted by atomic mass is 10.1. The monoisotopic (exact) mass is 772 g/mol. The Balaban J connectivity index is 1.23. The van der Waals surface area contributed by atoms with Gasteiger partial charge in [0.1, 0.15) is 11.2 Å². The number of aromatic nitrogens is 2. The first kappa shape index (κ1) is 34.8. The van der Waals surface area contributed by atoms with Crippen molar-refractivity contribution in [3.05, 3.63) is 224 Å². The van der Waals surface area contributed by atoms with Crippen molar-refractivity contribution in [2.24, 2.45) is 0 Å². The summed E-state index contributed by atoms with van der Waals surface area (Å²) >= 11 is 0. The fraction of sp³-hybridized carbons (Fsp3) is 0.0182. The number of para-hydroxylation sites is 4. The van der Waals surface area contributed by atoms with Gasteiger partial charge in [0, 0.05) is 38.3 Å². The molecule has 8 aromatic carbocycles. The van der Waals surface area contributed by atoms with Crippen LogP contribution in [0.2, 0.25) is 0 Å². The van der Waals surface area contributed by atoms with E-state index in [9.17, 15) is 0 Å². The predicted molar refractivity (Wildman–Crippen MR) is 253 cm³/mol. The molecular weight excluding hydrogens is 733 g/mol. The first-order valence-electron chi connectivity index (χ1n) is 20.3. The minimum atomic E-state index is -3.05. The van der Waals surface area contributed by atoms with Crippen LogP contribution in [0.3, 0.4) is 0 Å². The molecule has 0 aliphatic carbocycles. The highest BCUT2D eigenvalue weighted by molar-refractivity contribution is 7.16. The van der Waals surface area contributed by atoms with Crippen LogP contribution >= 0.6 is 0 Å². The van der Waals surface area contributed by atoms with Crippen molar-refractivity contribution in [3.63, 3.8) is 0 Å². The molecule has 0 spiro atoms. The number of fused-ring (bicyclic) bond motifs is 10. The average Bonchev–Trinajstić information content (AvgIpc) is 3.95. The lowest BCUT2D eigenvalue weighted by Gasteiger charge is -2.35. The number of rotatable bonds is 8. The molecule has 1 unspecified atom stereocenters. The number of hydrogen-bond donors (Lipinski definition) is 0. The van der Waals surface area contributed by atoms with E-state index < -0.39 is 8.07 Å². The van der Waals surface area contributed by atoms with Crippen LogP contribution in [0.25, 0.3) is 76.9 Å². The molecule has 0 fully saturated rings. The molecule has 0 amide bonds. The van der Waals surface area contributed by atoms with Crippen molar-refractivity contribution in [1.82, 2.24) is 9.13 Å². The maximum absolute atomic E-state index is 6.66. The van der Waals surface area contributed by atoms with Crippen molar-refractivity contribution in [2.45, 2.75) is 6.92 Å². The Bertz CT molecular complexity index is 3470. The molecule has 3 nitrogen and oxygen atoms in total. The zero-order valence-electron chi connectivity index (χ0n) is 32.7. The summed E-state index contributed by atoms with van der Waals surface area (Å²) in [4.78, 5) is 0. The van der Waals surface area contributed by atoms with Gasteiger partial charge in [-0.2, -0.15) is 0 Å². The summed E-state index contributed by atoms with van der Waals surface area (Å²) in [6.45, 7) is 6.38.